The standard InChI is InChI=1S/C32H41F5O/c1-21-6-8-22(9-7-21)4-2-3-5-23-10-14-25(15-11-23)26-19-28(33)27(29(34)20-26)16-12-24-13-17-31(30(35)18-24)38-32(36)37/h13,17-23,25,32H,2-12,14-16H2,1H3. The van der Waals surface area contributed by atoms with Crippen molar-refractivity contribution < 1.29 is 26.7 Å². The Hall–Kier alpha value is -2.11. The van der Waals surface area contributed by atoms with Crippen LogP contribution in [0.2, 0.25) is 0 Å². The Morgan fingerprint density at radius 1 is 0.737 bits per heavy atom. The Balaban J connectivity index is 1.22. The third-order valence-electron chi connectivity index (χ3n) is 8.97. The molecular weight excluding hydrogens is 495 g/mol. The van der Waals surface area contributed by atoms with Gasteiger partial charge in [-0.25, -0.2) is 13.2 Å². The lowest BCUT2D eigenvalue weighted by molar-refractivity contribution is -0.0522. The van der Waals surface area contributed by atoms with Crippen LogP contribution in [0.5, 0.6) is 5.75 Å². The molecule has 1 nitrogen and oxygen atoms in total. The molecule has 0 unspecified atom stereocenters. The molecule has 0 aliphatic heterocycles. The van der Waals surface area contributed by atoms with Gasteiger partial charge in [0.25, 0.3) is 0 Å². The van der Waals surface area contributed by atoms with Gasteiger partial charge in [-0.2, -0.15) is 8.78 Å². The SMILES string of the molecule is CC1CCC(CCCCC2CCC(c3cc(F)c(CCc4ccc(OC(F)F)c(F)c4)c(F)c3)CC2)CC1. The van der Waals surface area contributed by atoms with Crippen LogP contribution < -0.4 is 4.74 Å². The lowest BCUT2D eigenvalue weighted by Crippen LogP contribution is -2.15. The maximum atomic E-state index is 14.9. The zero-order valence-electron chi connectivity index (χ0n) is 22.5. The summed E-state index contributed by atoms with van der Waals surface area (Å²) in [7, 11) is 0. The fourth-order valence-corrected chi connectivity index (χ4v) is 6.53. The van der Waals surface area contributed by atoms with Gasteiger partial charge in [0, 0.05) is 5.56 Å². The molecule has 2 aliphatic carbocycles. The number of aryl methyl sites for hydroxylation is 1. The second kappa shape index (κ2) is 13.8. The fraction of sp³-hybridized carbons (Fsp3) is 0.625. The van der Waals surface area contributed by atoms with Gasteiger partial charge in [0.05, 0.1) is 0 Å². The molecule has 4 rings (SSSR count). The molecule has 0 heterocycles. The number of rotatable bonds is 11. The molecule has 210 valence electrons. The number of hydrogen-bond acceptors (Lipinski definition) is 1. The molecule has 0 atom stereocenters. The Morgan fingerprint density at radius 3 is 1.87 bits per heavy atom. The molecule has 6 heteroatoms. The first-order valence-electron chi connectivity index (χ1n) is 14.5. The number of halogens is 5. The number of benzene rings is 2. The van der Waals surface area contributed by atoms with Gasteiger partial charge in [0.15, 0.2) is 11.6 Å². The molecule has 2 aromatic carbocycles. The van der Waals surface area contributed by atoms with Gasteiger partial charge in [-0.3, -0.25) is 0 Å². The molecule has 2 aliphatic rings. The van der Waals surface area contributed by atoms with Crippen LogP contribution in [0.25, 0.3) is 0 Å². The van der Waals surface area contributed by atoms with Crippen molar-refractivity contribution in [2.75, 3.05) is 0 Å². The van der Waals surface area contributed by atoms with E-state index in [-0.39, 0.29) is 24.3 Å². The average molecular weight is 537 g/mol. The summed E-state index contributed by atoms with van der Waals surface area (Å²) in [5.74, 6) is 0.143. The summed E-state index contributed by atoms with van der Waals surface area (Å²) in [5.41, 5.74) is 1.16. The maximum Gasteiger partial charge on any atom is 0.387 e. The van der Waals surface area contributed by atoms with Crippen molar-refractivity contribution in [3.63, 3.8) is 0 Å². The van der Waals surface area contributed by atoms with Crippen molar-refractivity contribution in [3.8, 4) is 5.75 Å². The van der Waals surface area contributed by atoms with Gasteiger partial charge in [0.2, 0.25) is 0 Å². The molecule has 0 N–H and O–H groups in total. The van der Waals surface area contributed by atoms with E-state index in [9.17, 15) is 22.0 Å². The first-order valence-corrected chi connectivity index (χ1v) is 14.5. The third-order valence-corrected chi connectivity index (χ3v) is 8.97. The first-order chi connectivity index (χ1) is 18.3. The van der Waals surface area contributed by atoms with E-state index >= 15 is 0 Å². The van der Waals surface area contributed by atoms with E-state index in [1.165, 1.54) is 69.6 Å². The van der Waals surface area contributed by atoms with Crippen LogP contribution >= 0.6 is 0 Å². The Morgan fingerprint density at radius 2 is 1.32 bits per heavy atom. The van der Waals surface area contributed by atoms with Gasteiger partial charge in [0.1, 0.15) is 11.6 Å². The molecule has 2 fully saturated rings. The smallest absolute Gasteiger partial charge is 0.387 e. The zero-order chi connectivity index (χ0) is 27.1. The summed E-state index contributed by atoms with van der Waals surface area (Å²) < 4.78 is 72.4. The van der Waals surface area contributed by atoms with E-state index in [4.69, 9.17) is 0 Å². The molecule has 0 bridgehead atoms. The topological polar surface area (TPSA) is 9.23 Å². The summed E-state index contributed by atoms with van der Waals surface area (Å²) in [6.07, 6.45) is 15.3. The Bertz CT molecular complexity index is 1000. The first kappa shape index (κ1) is 28.9. The monoisotopic (exact) mass is 536 g/mol. The van der Waals surface area contributed by atoms with Crippen LogP contribution in [0, 0.1) is 35.2 Å². The van der Waals surface area contributed by atoms with Crippen LogP contribution in [0.1, 0.15) is 107 Å². The highest BCUT2D eigenvalue weighted by molar-refractivity contribution is 5.32. The molecule has 2 aromatic rings. The summed E-state index contributed by atoms with van der Waals surface area (Å²) in [5, 5.41) is 0. The van der Waals surface area contributed by atoms with Crippen LogP contribution in [0.4, 0.5) is 22.0 Å². The lowest BCUT2D eigenvalue weighted by atomic mass is 9.76. The Labute approximate surface area is 224 Å². The molecule has 0 aromatic heterocycles. The van der Waals surface area contributed by atoms with Gasteiger partial charge in [-0.1, -0.05) is 64.4 Å². The summed E-state index contributed by atoms with van der Waals surface area (Å²) in [6, 6.07) is 6.54. The normalized spacial score (nSPS) is 24.1. The van der Waals surface area contributed by atoms with Crippen LogP contribution in [0.15, 0.2) is 30.3 Å². The van der Waals surface area contributed by atoms with Crippen molar-refractivity contribution in [1.29, 1.82) is 0 Å². The van der Waals surface area contributed by atoms with Crippen molar-refractivity contribution >= 4 is 0 Å². The molecule has 0 spiro atoms. The van der Waals surface area contributed by atoms with Crippen molar-refractivity contribution in [2.24, 2.45) is 17.8 Å². The highest BCUT2D eigenvalue weighted by atomic mass is 19.3. The number of ether oxygens (including phenoxy) is 1. The number of unbranched alkanes of at least 4 members (excludes halogenated alkanes) is 1. The molecule has 38 heavy (non-hydrogen) atoms. The van der Waals surface area contributed by atoms with Crippen LogP contribution in [-0.2, 0) is 12.8 Å². The van der Waals surface area contributed by atoms with Gasteiger partial charge < -0.3 is 4.74 Å². The van der Waals surface area contributed by atoms with Gasteiger partial charge >= 0.3 is 6.61 Å². The minimum atomic E-state index is -3.12. The van der Waals surface area contributed by atoms with Crippen molar-refractivity contribution in [1.82, 2.24) is 0 Å². The maximum absolute atomic E-state index is 14.9. The van der Waals surface area contributed by atoms with E-state index in [0.29, 0.717) is 5.56 Å². The lowest BCUT2D eigenvalue weighted by Gasteiger charge is -2.29. The van der Waals surface area contributed by atoms with E-state index in [0.717, 1.165) is 61.1 Å². The minimum absolute atomic E-state index is 0.0248. The second-order valence-electron chi connectivity index (χ2n) is 11.7. The van der Waals surface area contributed by atoms with E-state index in [2.05, 4.69) is 11.7 Å². The number of alkyl halides is 2. The van der Waals surface area contributed by atoms with E-state index in [1.807, 2.05) is 0 Å². The van der Waals surface area contributed by atoms with Gasteiger partial charge in [-0.15, -0.1) is 0 Å². The average Bonchev–Trinajstić information content (AvgIpc) is 2.89. The van der Waals surface area contributed by atoms with Crippen LogP contribution in [-0.4, -0.2) is 6.61 Å². The summed E-state index contributed by atoms with van der Waals surface area (Å²) in [6.45, 7) is -0.749. The second-order valence-corrected chi connectivity index (χ2v) is 11.7. The zero-order valence-corrected chi connectivity index (χ0v) is 22.5. The van der Waals surface area contributed by atoms with Gasteiger partial charge in [-0.05, 0) is 97.6 Å². The molecule has 0 saturated heterocycles. The molecule has 0 amide bonds. The quantitative estimate of drug-likeness (QED) is 0.205. The highest BCUT2D eigenvalue weighted by Gasteiger charge is 2.25. The van der Waals surface area contributed by atoms with E-state index in [1.54, 1.807) is 0 Å². The third kappa shape index (κ3) is 8.19. The summed E-state index contributed by atoms with van der Waals surface area (Å²) >= 11 is 0. The van der Waals surface area contributed by atoms with Crippen molar-refractivity contribution in [2.45, 2.75) is 109 Å². The van der Waals surface area contributed by atoms with Crippen LogP contribution in [0.3, 0.4) is 0 Å². The molecular formula is C32H41F5O. The predicted molar refractivity (Wildman–Crippen MR) is 141 cm³/mol. The highest BCUT2D eigenvalue weighted by Crippen LogP contribution is 2.39. The largest absolute Gasteiger partial charge is 0.432 e. The number of hydrogen-bond donors (Lipinski definition) is 0. The summed E-state index contributed by atoms with van der Waals surface area (Å²) in [4.78, 5) is 0. The molecule has 2 saturated carbocycles. The minimum Gasteiger partial charge on any atom is -0.432 e. The molecule has 0 radical (unpaired) electrons. The Kier molecular flexibility index (Phi) is 10.5. The fourth-order valence-electron chi connectivity index (χ4n) is 6.53. The van der Waals surface area contributed by atoms with Crippen molar-refractivity contribution in [3.05, 3.63) is 64.5 Å². The predicted octanol–water partition coefficient (Wildman–Crippen LogP) is 10.2. The van der Waals surface area contributed by atoms with E-state index < -0.39 is 29.8 Å².